The number of carbonyl (C=O) groups is 1. The summed E-state index contributed by atoms with van der Waals surface area (Å²) in [6, 6.07) is 6.53. The fourth-order valence-corrected chi connectivity index (χ4v) is 2.37. The van der Waals surface area contributed by atoms with E-state index in [0.29, 0.717) is 19.0 Å². The molecule has 3 nitrogen and oxygen atoms in total. The van der Waals surface area contributed by atoms with Crippen LogP contribution in [0.3, 0.4) is 0 Å². The van der Waals surface area contributed by atoms with Crippen LogP contribution in [-0.2, 0) is 0 Å². The van der Waals surface area contributed by atoms with Crippen LogP contribution in [0.4, 0.5) is 4.39 Å². The number of aliphatic hydroxyl groups is 1. The van der Waals surface area contributed by atoms with Crippen molar-refractivity contribution < 1.29 is 14.3 Å². The minimum Gasteiger partial charge on any atom is -0.396 e. The SMILES string of the molecule is O=C(CN(CCCO)C1CCC1)c1ccccc1F. The van der Waals surface area contributed by atoms with Gasteiger partial charge in [0, 0.05) is 19.2 Å². The van der Waals surface area contributed by atoms with E-state index in [0.717, 1.165) is 12.8 Å². The van der Waals surface area contributed by atoms with Crippen molar-refractivity contribution >= 4 is 5.78 Å². The molecule has 1 aliphatic rings. The van der Waals surface area contributed by atoms with Gasteiger partial charge in [-0.2, -0.15) is 0 Å². The lowest BCUT2D eigenvalue weighted by atomic mass is 9.91. The van der Waals surface area contributed by atoms with E-state index in [1.807, 2.05) is 0 Å². The minimum absolute atomic E-state index is 0.122. The highest BCUT2D eigenvalue weighted by atomic mass is 19.1. The van der Waals surface area contributed by atoms with Crippen molar-refractivity contribution in [3.63, 3.8) is 0 Å². The molecule has 1 aromatic rings. The van der Waals surface area contributed by atoms with Gasteiger partial charge in [0.2, 0.25) is 0 Å². The third kappa shape index (κ3) is 3.61. The average Bonchev–Trinajstić information content (AvgIpc) is 2.34. The molecule has 0 amide bonds. The fraction of sp³-hybridized carbons (Fsp3) is 0.533. The molecule has 1 aliphatic carbocycles. The molecule has 104 valence electrons. The van der Waals surface area contributed by atoms with E-state index in [1.165, 1.54) is 18.6 Å². The molecule has 0 heterocycles. The summed E-state index contributed by atoms with van der Waals surface area (Å²) in [5.74, 6) is -0.633. The van der Waals surface area contributed by atoms with E-state index in [2.05, 4.69) is 4.90 Å². The Bertz CT molecular complexity index is 432. The lowest BCUT2D eigenvalue weighted by Gasteiger charge is -2.37. The Balaban J connectivity index is 1.99. The third-order valence-electron chi connectivity index (χ3n) is 3.72. The zero-order valence-electron chi connectivity index (χ0n) is 11.0. The van der Waals surface area contributed by atoms with E-state index in [9.17, 15) is 9.18 Å². The van der Waals surface area contributed by atoms with Gasteiger partial charge < -0.3 is 5.11 Å². The molecule has 1 fully saturated rings. The smallest absolute Gasteiger partial charge is 0.179 e. The first-order valence-electron chi connectivity index (χ1n) is 6.85. The van der Waals surface area contributed by atoms with Crippen LogP contribution in [0, 0.1) is 5.82 Å². The second-order valence-corrected chi connectivity index (χ2v) is 5.04. The number of carbonyl (C=O) groups excluding carboxylic acids is 1. The lowest BCUT2D eigenvalue weighted by Crippen LogP contribution is -2.43. The topological polar surface area (TPSA) is 40.5 Å². The Morgan fingerprint density at radius 3 is 2.68 bits per heavy atom. The Morgan fingerprint density at radius 2 is 2.11 bits per heavy atom. The van der Waals surface area contributed by atoms with E-state index in [1.54, 1.807) is 12.1 Å². The summed E-state index contributed by atoms with van der Waals surface area (Å²) in [5, 5.41) is 8.91. The number of rotatable bonds is 7. The molecule has 4 heteroatoms. The number of benzene rings is 1. The molecular weight excluding hydrogens is 245 g/mol. The standard InChI is InChI=1S/C15H20FNO2/c16-14-8-2-1-7-13(14)15(19)11-17(9-4-10-18)12-5-3-6-12/h1-2,7-8,12,18H,3-6,9-11H2. The number of ketones is 1. The number of hydrogen-bond acceptors (Lipinski definition) is 3. The van der Waals surface area contributed by atoms with Gasteiger partial charge in [0.15, 0.2) is 5.78 Å². The zero-order chi connectivity index (χ0) is 13.7. The summed E-state index contributed by atoms with van der Waals surface area (Å²) < 4.78 is 13.6. The molecular formula is C15H20FNO2. The van der Waals surface area contributed by atoms with Gasteiger partial charge in [-0.05, 0) is 31.4 Å². The van der Waals surface area contributed by atoms with Gasteiger partial charge in [-0.25, -0.2) is 4.39 Å². The van der Waals surface area contributed by atoms with Gasteiger partial charge in [0.05, 0.1) is 12.1 Å². The molecule has 1 saturated carbocycles. The molecule has 1 aromatic carbocycles. The van der Waals surface area contributed by atoms with Crippen molar-refractivity contribution in [1.82, 2.24) is 4.90 Å². The quantitative estimate of drug-likeness (QED) is 0.769. The lowest BCUT2D eigenvalue weighted by molar-refractivity contribution is 0.0784. The number of Topliss-reactive ketones (excluding diaryl/α,β-unsaturated/α-hetero) is 1. The average molecular weight is 265 g/mol. The van der Waals surface area contributed by atoms with Crippen LogP contribution in [0.2, 0.25) is 0 Å². The monoisotopic (exact) mass is 265 g/mol. The molecule has 19 heavy (non-hydrogen) atoms. The van der Waals surface area contributed by atoms with Crippen molar-refractivity contribution in [2.75, 3.05) is 19.7 Å². The number of hydrogen-bond donors (Lipinski definition) is 1. The maximum Gasteiger partial charge on any atom is 0.179 e. The maximum atomic E-state index is 13.6. The predicted molar refractivity (Wildman–Crippen MR) is 71.6 cm³/mol. The Morgan fingerprint density at radius 1 is 1.37 bits per heavy atom. The van der Waals surface area contributed by atoms with Crippen molar-refractivity contribution in [1.29, 1.82) is 0 Å². The van der Waals surface area contributed by atoms with Crippen LogP contribution in [0.1, 0.15) is 36.0 Å². The van der Waals surface area contributed by atoms with Crippen molar-refractivity contribution in [3.05, 3.63) is 35.6 Å². The van der Waals surface area contributed by atoms with Gasteiger partial charge in [0.25, 0.3) is 0 Å². The Hall–Kier alpha value is -1.26. The molecule has 0 unspecified atom stereocenters. The molecule has 0 aliphatic heterocycles. The zero-order valence-corrected chi connectivity index (χ0v) is 11.0. The van der Waals surface area contributed by atoms with Gasteiger partial charge in [-0.3, -0.25) is 9.69 Å². The summed E-state index contributed by atoms with van der Waals surface area (Å²) in [7, 11) is 0. The van der Waals surface area contributed by atoms with Gasteiger partial charge in [-0.15, -0.1) is 0 Å². The van der Waals surface area contributed by atoms with E-state index < -0.39 is 5.82 Å². The largest absolute Gasteiger partial charge is 0.396 e. The third-order valence-corrected chi connectivity index (χ3v) is 3.72. The van der Waals surface area contributed by atoms with E-state index in [4.69, 9.17) is 5.11 Å². The maximum absolute atomic E-state index is 13.6. The molecule has 0 radical (unpaired) electrons. The summed E-state index contributed by atoms with van der Waals surface area (Å²) in [6.07, 6.45) is 4.03. The Labute approximate surface area is 113 Å². The van der Waals surface area contributed by atoms with Crippen molar-refractivity contribution in [3.8, 4) is 0 Å². The molecule has 0 saturated heterocycles. The number of aliphatic hydroxyl groups excluding tert-OH is 1. The fourth-order valence-electron chi connectivity index (χ4n) is 2.37. The van der Waals surface area contributed by atoms with Crippen molar-refractivity contribution in [2.45, 2.75) is 31.7 Å². The normalized spacial score (nSPS) is 15.5. The second-order valence-electron chi connectivity index (χ2n) is 5.04. The van der Waals surface area contributed by atoms with Crippen LogP contribution in [0.5, 0.6) is 0 Å². The first-order chi connectivity index (χ1) is 9.22. The molecule has 0 spiro atoms. The first-order valence-corrected chi connectivity index (χ1v) is 6.85. The molecule has 0 bridgehead atoms. The highest BCUT2D eigenvalue weighted by molar-refractivity contribution is 5.97. The van der Waals surface area contributed by atoms with E-state index in [-0.39, 0.29) is 24.5 Å². The molecule has 2 rings (SSSR count). The molecule has 1 N–H and O–H groups in total. The second kappa shape index (κ2) is 6.78. The van der Waals surface area contributed by atoms with Gasteiger partial charge in [0.1, 0.15) is 5.82 Å². The number of nitrogens with zero attached hydrogens (tertiary/aromatic N) is 1. The summed E-state index contributed by atoms with van der Waals surface area (Å²) in [5.41, 5.74) is 0.163. The highest BCUT2D eigenvalue weighted by Gasteiger charge is 2.26. The number of halogens is 1. The molecule has 0 aromatic heterocycles. The van der Waals surface area contributed by atoms with E-state index >= 15 is 0 Å². The predicted octanol–water partition coefficient (Wildman–Crippen LogP) is 2.25. The first kappa shape index (κ1) is 14.2. The van der Waals surface area contributed by atoms with Crippen molar-refractivity contribution in [2.24, 2.45) is 0 Å². The van der Waals surface area contributed by atoms with Gasteiger partial charge >= 0.3 is 0 Å². The summed E-state index contributed by atoms with van der Waals surface area (Å²) in [6.45, 7) is 1.06. The summed E-state index contributed by atoms with van der Waals surface area (Å²) >= 11 is 0. The van der Waals surface area contributed by atoms with Crippen LogP contribution in [0.25, 0.3) is 0 Å². The minimum atomic E-state index is -0.455. The van der Waals surface area contributed by atoms with Crippen LogP contribution >= 0.6 is 0 Å². The highest BCUT2D eigenvalue weighted by Crippen LogP contribution is 2.25. The summed E-state index contributed by atoms with van der Waals surface area (Å²) in [4.78, 5) is 14.2. The Kier molecular flexibility index (Phi) is 5.05. The molecule has 0 atom stereocenters. The van der Waals surface area contributed by atoms with Crippen LogP contribution in [-0.4, -0.2) is 41.5 Å². The van der Waals surface area contributed by atoms with Crippen LogP contribution in [0.15, 0.2) is 24.3 Å². The van der Waals surface area contributed by atoms with Crippen LogP contribution < -0.4 is 0 Å². The van der Waals surface area contributed by atoms with Gasteiger partial charge in [-0.1, -0.05) is 18.6 Å².